The summed E-state index contributed by atoms with van der Waals surface area (Å²) in [4.78, 5) is 4.55. The van der Waals surface area contributed by atoms with Gasteiger partial charge in [-0.2, -0.15) is 0 Å². The molecule has 20 heavy (non-hydrogen) atoms. The number of fused-ring (bicyclic) bond motifs is 1. The minimum Gasteiger partial charge on any atom is -0.396 e. The SMILES string of the molecule is OCCc1ccc(NC2CCCc3cccnc32)cc1. The number of anilines is 1. The van der Waals surface area contributed by atoms with E-state index in [4.69, 9.17) is 5.11 Å². The van der Waals surface area contributed by atoms with Gasteiger partial charge < -0.3 is 10.4 Å². The molecule has 1 unspecified atom stereocenters. The fraction of sp³-hybridized carbons (Fsp3) is 0.353. The van der Waals surface area contributed by atoms with Gasteiger partial charge in [0.15, 0.2) is 0 Å². The summed E-state index contributed by atoms with van der Waals surface area (Å²) in [6.07, 6.45) is 6.06. The van der Waals surface area contributed by atoms with Crippen LogP contribution in [0, 0.1) is 0 Å². The van der Waals surface area contributed by atoms with Gasteiger partial charge >= 0.3 is 0 Å². The second-order valence-corrected chi connectivity index (χ2v) is 5.31. The number of hydrogen-bond donors (Lipinski definition) is 2. The highest BCUT2D eigenvalue weighted by Gasteiger charge is 2.20. The van der Waals surface area contributed by atoms with Gasteiger partial charge in [-0.3, -0.25) is 4.98 Å². The third-order valence-corrected chi connectivity index (χ3v) is 3.89. The predicted octanol–water partition coefficient (Wildman–Crippen LogP) is 3.11. The monoisotopic (exact) mass is 268 g/mol. The maximum atomic E-state index is 8.94. The van der Waals surface area contributed by atoms with Crippen LogP contribution >= 0.6 is 0 Å². The molecule has 3 rings (SSSR count). The molecule has 0 aliphatic heterocycles. The van der Waals surface area contributed by atoms with Crippen molar-refractivity contribution in [3.05, 3.63) is 59.4 Å². The molecule has 0 bridgehead atoms. The van der Waals surface area contributed by atoms with E-state index in [2.05, 4.69) is 40.6 Å². The van der Waals surface area contributed by atoms with Crippen molar-refractivity contribution in [3.63, 3.8) is 0 Å². The maximum absolute atomic E-state index is 8.94. The van der Waals surface area contributed by atoms with Gasteiger partial charge in [0.1, 0.15) is 0 Å². The number of aryl methyl sites for hydroxylation is 1. The number of pyridine rings is 1. The first-order valence-electron chi connectivity index (χ1n) is 7.27. The molecule has 1 aliphatic rings. The Bertz CT molecular complexity index is 565. The van der Waals surface area contributed by atoms with Gasteiger partial charge in [0.25, 0.3) is 0 Å². The van der Waals surface area contributed by atoms with Crippen molar-refractivity contribution in [1.29, 1.82) is 0 Å². The molecule has 0 spiro atoms. The molecule has 0 fully saturated rings. The van der Waals surface area contributed by atoms with Crippen molar-refractivity contribution in [2.75, 3.05) is 11.9 Å². The highest BCUT2D eigenvalue weighted by atomic mass is 16.2. The summed E-state index contributed by atoms with van der Waals surface area (Å²) in [5.74, 6) is 0. The first-order chi connectivity index (χ1) is 9.86. The van der Waals surface area contributed by atoms with Gasteiger partial charge in [-0.05, 0) is 55.0 Å². The van der Waals surface area contributed by atoms with Crippen LogP contribution in [0.5, 0.6) is 0 Å². The van der Waals surface area contributed by atoms with Crippen LogP contribution in [0.2, 0.25) is 0 Å². The summed E-state index contributed by atoms with van der Waals surface area (Å²) in [5.41, 5.74) is 4.85. The number of aromatic nitrogens is 1. The average molecular weight is 268 g/mol. The third kappa shape index (κ3) is 2.83. The highest BCUT2D eigenvalue weighted by Crippen LogP contribution is 2.30. The summed E-state index contributed by atoms with van der Waals surface area (Å²) in [6, 6.07) is 12.8. The van der Waals surface area contributed by atoms with Crippen LogP contribution in [-0.4, -0.2) is 16.7 Å². The van der Waals surface area contributed by atoms with E-state index in [-0.39, 0.29) is 6.61 Å². The Labute approximate surface area is 119 Å². The van der Waals surface area contributed by atoms with Gasteiger partial charge in [-0.1, -0.05) is 18.2 Å². The number of hydrogen-bond acceptors (Lipinski definition) is 3. The van der Waals surface area contributed by atoms with Crippen molar-refractivity contribution in [2.45, 2.75) is 31.7 Å². The summed E-state index contributed by atoms with van der Waals surface area (Å²) < 4.78 is 0. The highest BCUT2D eigenvalue weighted by molar-refractivity contribution is 5.47. The van der Waals surface area contributed by atoms with Crippen LogP contribution in [-0.2, 0) is 12.8 Å². The quantitative estimate of drug-likeness (QED) is 0.895. The van der Waals surface area contributed by atoms with Crippen LogP contribution in [0.4, 0.5) is 5.69 Å². The summed E-state index contributed by atoms with van der Waals surface area (Å²) in [7, 11) is 0. The van der Waals surface area contributed by atoms with Crippen LogP contribution < -0.4 is 5.32 Å². The molecule has 2 aromatic rings. The first-order valence-corrected chi connectivity index (χ1v) is 7.27. The summed E-state index contributed by atoms with van der Waals surface area (Å²) in [6.45, 7) is 0.201. The predicted molar refractivity (Wildman–Crippen MR) is 80.8 cm³/mol. The van der Waals surface area contributed by atoms with Gasteiger partial charge in [-0.25, -0.2) is 0 Å². The van der Waals surface area contributed by atoms with Crippen LogP contribution in [0.3, 0.4) is 0 Å². The molecule has 3 heteroatoms. The van der Waals surface area contributed by atoms with E-state index in [1.807, 2.05) is 12.3 Å². The number of nitrogens with one attached hydrogen (secondary N) is 1. The number of aliphatic hydroxyl groups excluding tert-OH is 1. The zero-order valence-corrected chi connectivity index (χ0v) is 11.5. The Kier molecular flexibility index (Phi) is 3.97. The number of benzene rings is 1. The Hall–Kier alpha value is -1.87. The van der Waals surface area contributed by atoms with Gasteiger partial charge in [0.05, 0.1) is 11.7 Å². The van der Waals surface area contributed by atoms with Crippen molar-refractivity contribution in [2.24, 2.45) is 0 Å². The Morgan fingerprint density at radius 1 is 1.20 bits per heavy atom. The zero-order valence-electron chi connectivity index (χ0n) is 11.5. The molecule has 1 aromatic carbocycles. The molecule has 2 N–H and O–H groups in total. The van der Waals surface area contributed by atoms with E-state index in [1.165, 1.54) is 23.2 Å². The van der Waals surface area contributed by atoms with E-state index in [0.717, 1.165) is 18.5 Å². The third-order valence-electron chi connectivity index (χ3n) is 3.89. The van der Waals surface area contributed by atoms with Crippen molar-refractivity contribution in [3.8, 4) is 0 Å². The Morgan fingerprint density at radius 2 is 2.05 bits per heavy atom. The smallest absolute Gasteiger partial charge is 0.0688 e. The van der Waals surface area contributed by atoms with Crippen LogP contribution in [0.15, 0.2) is 42.6 Å². The minimum atomic E-state index is 0.201. The molecule has 0 saturated heterocycles. The maximum Gasteiger partial charge on any atom is 0.0688 e. The van der Waals surface area contributed by atoms with Gasteiger partial charge in [0.2, 0.25) is 0 Å². The van der Waals surface area contributed by atoms with E-state index in [9.17, 15) is 0 Å². The summed E-state index contributed by atoms with van der Waals surface area (Å²) in [5, 5.41) is 12.5. The number of aliphatic hydroxyl groups is 1. The molecule has 104 valence electrons. The van der Waals surface area contributed by atoms with Crippen molar-refractivity contribution < 1.29 is 5.11 Å². The van der Waals surface area contributed by atoms with Crippen LogP contribution in [0.1, 0.15) is 35.7 Å². The normalized spacial score (nSPS) is 17.6. The molecule has 1 aliphatic carbocycles. The molecule has 0 amide bonds. The summed E-state index contributed by atoms with van der Waals surface area (Å²) >= 11 is 0. The van der Waals surface area contributed by atoms with Gasteiger partial charge in [0, 0.05) is 18.5 Å². The second-order valence-electron chi connectivity index (χ2n) is 5.31. The molecule has 0 radical (unpaired) electrons. The number of nitrogens with zero attached hydrogens (tertiary/aromatic N) is 1. The fourth-order valence-corrected chi connectivity index (χ4v) is 2.85. The lowest BCUT2D eigenvalue weighted by Crippen LogP contribution is -2.18. The lowest BCUT2D eigenvalue weighted by atomic mass is 9.92. The lowest BCUT2D eigenvalue weighted by Gasteiger charge is -2.26. The Balaban J connectivity index is 1.75. The van der Waals surface area contributed by atoms with E-state index < -0.39 is 0 Å². The second kappa shape index (κ2) is 6.06. The number of rotatable bonds is 4. The van der Waals surface area contributed by atoms with E-state index in [1.54, 1.807) is 0 Å². The largest absolute Gasteiger partial charge is 0.396 e. The fourth-order valence-electron chi connectivity index (χ4n) is 2.85. The molecule has 3 nitrogen and oxygen atoms in total. The molecule has 1 heterocycles. The van der Waals surface area contributed by atoms with Gasteiger partial charge in [-0.15, -0.1) is 0 Å². The van der Waals surface area contributed by atoms with Crippen LogP contribution in [0.25, 0.3) is 0 Å². The topological polar surface area (TPSA) is 45.1 Å². The average Bonchev–Trinajstić information content (AvgIpc) is 2.50. The van der Waals surface area contributed by atoms with E-state index in [0.29, 0.717) is 12.5 Å². The minimum absolute atomic E-state index is 0.201. The first kappa shape index (κ1) is 13.1. The van der Waals surface area contributed by atoms with Crippen molar-refractivity contribution >= 4 is 5.69 Å². The molecular formula is C17H20N2O. The standard InChI is InChI=1S/C17H20N2O/c20-12-10-13-6-8-15(9-7-13)19-16-5-1-3-14-4-2-11-18-17(14)16/h2,4,6-9,11,16,19-20H,1,3,5,10,12H2. The van der Waals surface area contributed by atoms with Crippen molar-refractivity contribution in [1.82, 2.24) is 4.98 Å². The molecular weight excluding hydrogens is 248 g/mol. The molecule has 1 aromatic heterocycles. The molecule has 0 saturated carbocycles. The molecule has 1 atom stereocenters. The zero-order chi connectivity index (χ0) is 13.8. The van der Waals surface area contributed by atoms with E-state index >= 15 is 0 Å². The lowest BCUT2D eigenvalue weighted by molar-refractivity contribution is 0.299. The Morgan fingerprint density at radius 3 is 2.85 bits per heavy atom.